The normalized spacial score (nSPS) is 10.4. The molecule has 6 heteroatoms. The minimum atomic E-state index is -0.292. The van der Waals surface area contributed by atoms with E-state index in [9.17, 15) is 4.79 Å². The number of nitrogens with two attached hydrogens (primary N) is 1. The molecule has 0 bridgehead atoms. The van der Waals surface area contributed by atoms with Crippen molar-refractivity contribution in [2.24, 2.45) is 5.84 Å². The lowest BCUT2D eigenvalue weighted by Gasteiger charge is -2.11. The first kappa shape index (κ1) is 14.8. The molecule has 2 rings (SSSR count). The van der Waals surface area contributed by atoms with Crippen LogP contribution in [-0.4, -0.2) is 5.91 Å². The van der Waals surface area contributed by atoms with Gasteiger partial charge in [0, 0.05) is 9.90 Å². The summed E-state index contributed by atoms with van der Waals surface area (Å²) in [6, 6.07) is 7.32. The van der Waals surface area contributed by atoms with E-state index >= 15 is 0 Å². The number of amides is 1. The van der Waals surface area contributed by atoms with E-state index < -0.39 is 0 Å². The molecule has 0 fully saturated rings. The van der Waals surface area contributed by atoms with Crippen molar-refractivity contribution in [1.82, 2.24) is 5.43 Å². The van der Waals surface area contributed by atoms with E-state index in [1.165, 1.54) is 11.3 Å². The van der Waals surface area contributed by atoms with Crippen molar-refractivity contribution in [2.45, 2.75) is 20.5 Å². The summed E-state index contributed by atoms with van der Waals surface area (Å²) in [6.45, 7) is 4.32. The van der Waals surface area contributed by atoms with Crippen molar-refractivity contribution in [3.63, 3.8) is 0 Å². The smallest absolute Gasteiger partial charge is 0.275 e. The van der Waals surface area contributed by atoms with Gasteiger partial charge in [-0.3, -0.25) is 10.2 Å². The lowest BCUT2D eigenvalue weighted by Crippen LogP contribution is -2.29. The maximum absolute atomic E-state index is 11.4. The number of hydrogen-bond acceptors (Lipinski definition) is 4. The van der Waals surface area contributed by atoms with Crippen molar-refractivity contribution < 1.29 is 9.53 Å². The van der Waals surface area contributed by atoms with E-state index in [1.54, 1.807) is 6.07 Å². The summed E-state index contributed by atoms with van der Waals surface area (Å²) in [5.74, 6) is 5.63. The van der Waals surface area contributed by atoms with Crippen molar-refractivity contribution in [3.8, 4) is 5.75 Å². The zero-order chi connectivity index (χ0) is 14.7. The van der Waals surface area contributed by atoms with Crippen molar-refractivity contribution >= 4 is 28.8 Å². The van der Waals surface area contributed by atoms with Crippen LogP contribution < -0.4 is 16.0 Å². The van der Waals surface area contributed by atoms with E-state index in [0.717, 1.165) is 21.8 Å². The van der Waals surface area contributed by atoms with E-state index in [4.69, 9.17) is 22.2 Å². The molecule has 0 aliphatic rings. The lowest BCUT2D eigenvalue weighted by atomic mass is 10.1. The highest BCUT2D eigenvalue weighted by atomic mass is 35.5. The summed E-state index contributed by atoms with van der Waals surface area (Å²) < 4.78 is 5.82. The molecule has 1 heterocycles. The summed E-state index contributed by atoms with van der Waals surface area (Å²) in [5.41, 5.74) is 4.09. The standard InChI is InChI=1S/C14H15ClN2O2S/c1-8-5-10(15)6-9(2)13(8)19-7-11-3-4-12(20-11)14(18)17-16/h3-6H,7,16H2,1-2H3,(H,17,18). The average Bonchev–Trinajstić information content (AvgIpc) is 2.85. The first-order chi connectivity index (χ1) is 9.51. The van der Waals surface area contributed by atoms with Gasteiger partial charge < -0.3 is 4.74 Å². The minimum Gasteiger partial charge on any atom is -0.488 e. The van der Waals surface area contributed by atoms with Gasteiger partial charge in [-0.25, -0.2) is 5.84 Å². The van der Waals surface area contributed by atoms with E-state index in [-0.39, 0.29) is 5.91 Å². The number of benzene rings is 1. The summed E-state index contributed by atoms with van der Waals surface area (Å²) in [7, 11) is 0. The maximum atomic E-state index is 11.4. The second-order valence-corrected chi connectivity index (χ2v) is 6.00. The molecule has 3 N–H and O–H groups in total. The molecule has 0 saturated heterocycles. The predicted molar refractivity (Wildman–Crippen MR) is 81.2 cm³/mol. The Morgan fingerprint density at radius 2 is 2.00 bits per heavy atom. The van der Waals surface area contributed by atoms with Crippen LogP contribution in [0.15, 0.2) is 24.3 Å². The second kappa shape index (κ2) is 6.26. The molecule has 0 saturated carbocycles. The fraction of sp³-hybridized carbons (Fsp3) is 0.214. The molecule has 1 aromatic carbocycles. The van der Waals surface area contributed by atoms with Crippen molar-refractivity contribution in [3.05, 3.63) is 50.2 Å². The van der Waals surface area contributed by atoms with Gasteiger partial charge >= 0.3 is 0 Å². The number of carbonyl (C=O) groups excluding carboxylic acids is 1. The first-order valence-corrected chi connectivity index (χ1v) is 7.20. The first-order valence-electron chi connectivity index (χ1n) is 6.00. The van der Waals surface area contributed by atoms with Gasteiger partial charge in [-0.1, -0.05) is 11.6 Å². The van der Waals surface area contributed by atoms with Crippen LogP contribution in [0, 0.1) is 13.8 Å². The molecule has 1 amide bonds. The number of hydrogen-bond donors (Lipinski definition) is 2. The molecular formula is C14H15ClN2O2S. The van der Waals surface area contributed by atoms with E-state index in [0.29, 0.717) is 16.5 Å². The Morgan fingerprint density at radius 1 is 1.35 bits per heavy atom. The maximum Gasteiger partial charge on any atom is 0.275 e. The number of nitrogens with one attached hydrogen (secondary N) is 1. The molecule has 0 aliphatic carbocycles. The highest BCUT2D eigenvalue weighted by molar-refractivity contribution is 7.14. The summed E-state index contributed by atoms with van der Waals surface area (Å²) in [5, 5.41) is 0.699. The quantitative estimate of drug-likeness (QED) is 0.518. The third kappa shape index (κ3) is 3.30. The molecule has 0 spiro atoms. The van der Waals surface area contributed by atoms with Crippen LogP contribution in [-0.2, 0) is 6.61 Å². The number of halogens is 1. The van der Waals surface area contributed by atoms with Crippen molar-refractivity contribution in [2.75, 3.05) is 0 Å². The van der Waals surface area contributed by atoms with Crippen LogP contribution in [0.25, 0.3) is 0 Å². The van der Waals surface area contributed by atoms with Gasteiger partial charge in [0.25, 0.3) is 5.91 Å². The number of ether oxygens (including phenoxy) is 1. The number of thiophene rings is 1. The van der Waals surface area contributed by atoms with Crippen LogP contribution in [0.1, 0.15) is 25.7 Å². The fourth-order valence-corrected chi connectivity index (χ4v) is 3.07. The fourth-order valence-electron chi connectivity index (χ4n) is 1.92. The SMILES string of the molecule is Cc1cc(Cl)cc(C)c1OCc1ccc(C(=O)NN)s1. The average molecular weight is 311 g/mol. The van der Waals surface area contributed by atoms with Crippen LogP contribution in [0.5, 0.6) is 5.75 Å². The van der Waals surface area contributed by atoms with Gasteiger partial charge in [0.2, 0.25) is 0 Å². The van der Waals surface area contributed by atoms with Crippen LogP contribution in [0.3, 0.4) is 0 Å². The van der Waals surface area contributed by atoms with E-state index in [2.05, 4.69) is 5.43 Å². The zero-order valence-electron chi connectivity index (χ0n) is 11.2. The Morgan fingerprint density at radius 3 is 2.60 bits per heavy atom. The van der Waals surface area contributed by atoms with Crippen LogP contribution in [0.2, 0.25) is 5.02 Å². The topological polar surface area (TPSA) is 64.3 Å². The molecule has 2 aromatic rings. The largest absolute Gasteiger partial charge is 0.488 e. The molecule has 20 heavy (non-hydrogen) atoms. The zero-order valence-corrected chi connectivity index (χ0v) is 12.8. The molecule has 4 nitrogen and oxygen atoms in total. The predicted octanol–water partition coefficient (Wildman–Crippen LogP) is 3.20. The summed E-state index contributed by atoms with van der Waals surface area (Å²) in [4.78, 5) is 12.9. The summed E-state index contributed by atoms with van der Waals surface area (Å²) in [6.07, 6.45) is 0. The lowest BCUT2D eigenvalue weighted by molar-refractivity contribution is 0.0957. The Kier molecular flexibility index (Phi) is 4.65. The van der Waals surface area contributed by atoms with Crippen molar-refractivity contribution in [1.29, 1.82) is 0 Å². The van der Waals surface area contributed by atoms with Gasteiger partial charge in [-0.15, -0.1) is 11.3 Å². The Labute approximate surface area is 126 Å². The third-order valence-corrected chi connectivity index (χ3v) is 4.08. The molecule has 0 unspecified atom stereocenters. The molecule has 0 aliphatic heterocycles. The molecule has 0 atom stereocenters. The molecule has 1 aromatic heterocycles. The Bertz CT molecular complexity index is 617. The number of aryl methyl sites for hydroxylation is 2. The van der Waals surface area contributed by atoms with Gasteiger partial charge in [0.15, 0.2) is 0 Å². The van der Waals surface area contributed by atoms with Gasteiger partial charge in [-0.2, -0.15) is 0 Å². The Balaban J connectivity index is 2.09. The van der Waals surface area contributed by atoms with Gasteiger partial charge in [-0.05, 0) is 49.2 Å². The van der Waals surface area contributed by atoms with Gasteiger partial charge in [0.05, 0.1) is 4.88 Å². The highest BCUT2D eigenvalue weighted by Crippen LogP contribution is 2.28. The van der Waals surface area contributed by atoms with Crippen LogP contribution >= 0.6 is 22.9 Å². The summed E-state index contributed by atoms with van der Waals surface area (Å²) >= 11 is 7.34. The highest BCUT2D eigenvalue weighted by Gasteiger charge is 2.10. The second-order valence-electron chi connectivity index (χ2n) is 4.40. The monoisotopic (exact) mass is 310 g/mol. The third-order valence-electron chi connectivity index (χ3n) is 2.80. The minimum absolute atomic E-state index is 0.292. The van der Waals surface area contributed by atoms with Crippen LogP contribution in [0.4, 0.5) is 0 Å². The molecular weight excluding hydrogens is 296 g/mol. The number of hydrazine groups is 1. The molecule has 0 radical (unpaired) electrons. The molecule has 106 valence electrons. The Hall–Kier alpha value is -1.56. The number of rotatable bonds is 4. The van der Waals surface area contributed by atoms with E-state index in [1.807, 2.05) is 32.0 Å². The van der Waals surface area contributed by atoms with Gasteiger partial charge in [0.1, 0.15) is 12.4 Å². The number of nitrogen functional groups attached to an aromatic ring is 1. The number of carbonyl (C=O) groups is 1.